The van der Waals surface area contributed by atoms with Crippen LogP contribution in [0.4, 0.5) is 0 Å². The number of ether oxygens (including phenoxy) is 1. The molecule has 0 fully saturated rings. The minimum atomic E-state index is -0.616. The minimum Gasteiger partial charge on any atom is -0.491 e. The van der Waals surface area contributed by atoms with Gasteiger partial charge >= 0.3 is 0 Å². The Kier molecular flexibility index (Phi) is 10.8. The Bertz CT molecular complexity index is 509. The molecular formula is C16H26ClN3O4. The van der Waals surface area contributed by atoms with Gasteiger partial charge in [-0.25, -0.2) is 0 Å². The Morgan fingerprint density at radius 3 is 2.38 bits per heavy atom. The summed E-state index contributed by atoms with van der Waals surface area (Å²) in [6, 6.07) is 6.55. The first-order chi connectivity index (χ1) is 10.9. The predicted molar refractivity (Wildman–Crippen MR) is 93.9 cm³/mol. The summed E-state index contributed by atoms with van der Waals surface area (Å²) in [6.45, 7) is 4.15. The van der Waals surface area contributed by atoms with Crippen LogP contribution in [-0.2, 0) is 16.1 Å². The van der Waals surface area contributed by atoms with Crippen LogP contribution in [0, 0.1) is 5.92 Å². The molecule has 0 aliphatic heterocycles. The Labute approximate surface area is 148 Å². The smallest absolute Gasteiger partial charge is 0.239 e. The Balaban J connectivity index is 0.00000529. The van der Waals surface area contributed by atoms with Gasteiger partial charge in [0.15, 0.2) is 0 Å². The van der Waals surface area contributed by atoms with E-state index in [9.17, 15) is 9.59 Å². The van der Waals surface area contributed by atoms with Crippen LogP contribution in [0.5, 0.6) is 5.75 Å². The Hall–Kier alpha value is -1.83. The first-order valence-corrected chi connectivity index (χ1v) is 7.56. The lowest BCUT2D eigenvalue weighted by molar-refractivity contribution is -0.127. The van der Waals surface area contributed by atoms with E-state index in [0.717, 1.165) is 5.56 Å². The minimum absolute atomic E-state index is 0. The monoisotopic (exact) mass is 359 g/mol. The fourth-order valence-electron chi connectivity index (χ4n) is 1.72. The van der Waals surface area contributed by atoms with Gasteiger partial charge in [0.1, 0.15) is 12.4 Å². The van der Waals surface area contributed by atoms with Crippen LogP contribution >= 0.6 is 12.4 Å². The molecule has 5 N–H and O–H groups in total. The zero-order chi connectivity index (χ0) is 17.2. The van der Waals surface area contributed by atoms with Crippen molar-refractivity contribution in [3.8, 4) is 5.75 Å². The number of amides is 2. The van der Waals surface area contributed by atoms with E-state index in [-0.39, 0.29) is 49.9 Å². The van der Waals surface area contributed by atoms with Crippen molar-refractivity contribution < 1.29 is 19.4 Å². The molecule has 136 valence electrons. The molecule has 0 aliphatic carbocycles. The number of nitrogens with one attached hydrogen (secondary N) is 2. The number of halogens is 1. The van der Waals surface area contributed by atoms with Crippen LogP contribution in [0.25, 0.3) is 0 Å². The van der Waals surface area contributed by atoms with Gasteiger partial charge in [-0.05, 0) is 23.6 Å². The molecule has 1 rings (SSSR count). The molecule has 7 nitrogen and oxygen atoms in total. The lowest BCUT2D eigenvalue weighted by Crippen LogP contribution is -2.47. The van der Waals surface area contributed by atoms with Crippen LogP contribution in [0.3, 0.4) is 0 Å². The number of benzene rings is 1. The van der Waals surface area contributed by atoms with Crippen molar-refractivity contribution in [3.63, 3.8) is 0 Å². The molecule has 1 aromatic carbocycles. The normalized spacial score (nSPS) is 11.4. The van der Waals surface area contributed by atoms with Crippen molar-refractivity contribution in [1.29, 1.82) is 0 Å². The lowest BCUT2D eigenvalue weighted by Gasteiger charge is -2.15. The van der Waals surface area contributed by atoms with Gasteiger partial charge < -0.3 is 26.2 Å². The van der Waals surface area contributed by atoms with Gasteiger partial charge in [-0.2, -0.15) is 0 Å². The second-order valence-electron chi connectivity index (χ2n) is 5.48. The largest absolute Gasteiger partial charge is 0.491 e. The first-order valence-electron chi connectivity index (χ1n) is 7.56. The van der Waals surface area contributed by atoms with Crippen LogP contribution in [-0.4, -0.2) is 42.7 Å². The fraction of sp³-hybridized carbons (Fsp3) is 0.500. The maximum atomic E-state index is 11.7. The molecule has 0 bridgehead atoms. The van der Waals surface area contributed by atoms with Gasteiger partial charge in [-0.15, -0.1) is 12.4 Å². The second kappa shape index (κ2) is 11.7. The lowest BCUT2D eigenvalue weighted by atomic mass is 10.1. The van der Waals surface area contributed by atoms with Gasteiger partial charge in [0.25, 0.3) is 0 Å². The maximum Gasteiger partial charge on any atom is 0.239 e. The van der Waals surface area contributed by atoms with Gasteiger partial charge in [0.2, 0.25) is 11.8 Å². The molecule has 0 saturated carbocycles. The standard InChI is InChI=1S/C16H25N3O4.ClH/c1-11(2)15(17)16(22)19-10-14(21)18-9-12-3-5-13(6-4-12)23-8-7-20;/h3-6,11,15,20H,7-10,17H2,1-2H3,(H,18,21)(H,19,22);1H/t15-;/m0./s1. The third-order valence-corrected chi connectivity index (χ3v) is 3.22. The molecule has 8 heteroatoms. The zero-order valence-electron chi connectivity index (χ0n) is 14.0. The SMILES string of the molecule is CC(C)[C@H](N)C(=O)NCC(=O)NCc1ccc(OCCO)cc1.Cl. The highest BCUT2D eigenvalue weighted by molar-refractivity contribution is 5.87. The first kappa shape index (κ1) is 22.2. The predicted octanol–water partition coefficient (Wildman–Crippen LogP) is 0.195. The van der Waals surface area contributed by atoms with Gasteiger partial charge in [0.05, 0.1) is 19.2 Å². The van der Waals surface area contributed by atoms with Crippen LogP contribution in [0.1, 0.15) is 19.4 Å². The summed E-state index contributed by atoms with van der Waals surface area (Å²) in [5.74, 6) is 0.0594. The molecule has 1 aromatic rings. The van der Waals surface area contributed by atoms with Gasteiger partial charge in [0, 0.05) is 6.54 Å². The van der Waals surface area contributed by atoms with Crippen molar-refractivity contribution >= 4 is 24.2 Å². The molecule has 1 atom stereocenters. The highest BCUT2D eigenvalue weighted by Crippen LogP contribution is 2.11. The summed E-state index contributed by atoms with van der Waals surface area (Å²) in [6.07, 6.45) is 0. The highest BCUT2D eigenvalue weighted by Gasteiger charge is 2.17. The molecule has 2 amide bonds. The van der Waals surface area contributed by atoms with E-state index in [4.69, 9.17) is 15.6 Å². The fourth-order valence-corrected chi connectivity index (χ4v) is 1.72. The summed E-state index contributed by atoms with van der Waals surface area (Å²) < 4.78 is 5.25. The topological polar surface area (TPSA) is 114 Å². The van der Waals surface area contributed by atoms with Crippen molar-refractivity contribution in [2.45, 2.75) is 26.4 Å². The molecule has 0 unspecified atom stereocenters. The molecule has 0 heterocycles. The molecule has 0 aromatic heterocycles. The maximum absolute atomic E-state index is 11.7. The molecule has 0 spiro atoms. The summed E-state index contributed by atoms with van der Waals surface area (Å²) in [5, 5.41) is 13.9. The van der Waals surface area contributed by atoms with Crippen molar-refractivity contribution in [2.24, 2.45) is 11.7 Å². The Morgan fingerprint density at radius 1 is 1.21 bits per heavy atom. The summed E-state index contributed by atoms with van der Waals surface area (Å²) in [4.78, 5) is 23.3. The second-order valence-corrected chi connectivity index (χ2v) is 5.48. The molecular weight excluding hydrogens is 334 g/mol. The molecule has 0 saturated heterocycles. The Morgan fingerprint density at radius 2 is 1.83 bits per heavy atom. The number of aliphatic hydroxyl groups is 1. The van der Waals surface area contributed by atoms with E-state index in [2.05, 4.69) is 10.6 Å². The number of aliphatic hydroxyl groups excluding tert-OH is 1. The number of hydrogen-bond acceptors (Lipinski definition) is 5. The van der Waals surface area contributed by atoms with E-state index in [1.54, 1.807) is 12.1 Å². The van der Waals surface area contributed by atoms with Crippen LogP contribution < -0.4 is 21.1 Å². The zero-order valence-corrected chi connectivity index (χ0v) is 14.8. The summed E-state index contributed by atoms with van der Waals surface area (Å²) >= 11 is 0. The average Bonchev–Trinajstić information content (AvgIpc) is 2.55. The number of carbonyl (C=O) groups excluding carboxylic acids is 2. The van der Waals surface area contributed by atoms with Crippen molar-refractivity contribution in [3.05, 3.63) is 29.8 Å². The van der Waals surface area contributed by atoms with E-state index >= 15 is 0 Å². The molecule has 0 radical (unpaired) electrons. The number of hydrogen-bond donors (Lipinski definition) is 4. The quantitative estimate of drug-likeness (QED) is 0.503. The molecule has 0 aliphatic rings. The highest BCUT2D eigenvalue weighted by atomic mass is 35.5. The van der Waals surface area contributed by atoms with E-state index in [1.807, 2.05) is 26.0 Å². The van der Waals surface area contributed by atoms with E-state index < -0.39 is 6.04 Å². The number of carbonyl (C=O) groups is 2. The van der Waals surface area contributed by atoms with Crippen LogP contribution in [0.2, 0.25) is 0 Å². The average molecular weight is 360 g/mol. The van der Waals surface area contributed by atoms with Crippen molar-refractivity contribution in [1.82, 2.24) is 10.6 Å². The number of rotatable bonds is 9. The third-order valence-electron chi connectivity index (χ3n) is 3.22. The van der Waals surface area contributed by atoms with E-state index in [0.29, 0.717) is 12.3 Å². The van der Waals surface area contributed by atoms with Crippen molar-refractivity contribution in [2.75, 3.05) is 19.8 Å². The van der Waals surface area contributed by atoms with Gasteiger partial charge in [-0.3, -0.25) is 9.59 Å². The third kappa shape index (κ3) is 8.14. The molecule has 24 heavy (non-hydrogen) atoms. The van der Waals surface area contributed by atoms with E-state index in [1.165, 1.54) is 0 Å². The number of nitrogens with two attached hydrogens (primary N) is 1. The summed E-state index contributed by atoms with van der Waals surface area (Å²) in [7, 11) is 0. The van der Waals surface area contributed by atoms with Crippen LogP contribution in [0.15, 0.2) is 24.3 Å². The van der Waals surface area contributed by atoms with Gasteiger partial charge in [-0.1, -0.05) is 26.0 Å². The summed E-state index contributed by atoms with van der Waals surface area (Å²) in [5.41, 5.74) is 6.59.